The maximum Gasteiger partial charge on any atom is 0.338 e. The van der Waals surface area contributed by atoms with Crippen molar-refractivity contribution in [3.8, 4) is 11.5 Å². The normalized spacial score (nSPS) is 11.7. The maximum atomic E-state index is 11.4. The van der Waals surface area contributed by atoms with Crippen LogP contribution < -0.4 is 10.5 Å². The molecule has 0 saturated heterocycles. The Hall–Kier alpha value is -2.34. The number of aliphatic carboxylic acids is 1. The number of nitrogens with two attached hydrogens (primary N) is 1. The van der Waals surface area contributed by atoms with Gasteiger partial charge in [0.2, 0.25) is 0 Å². The molecule has 1 atom stereocenters. The Morgan fingerprint density at radius 2 is 2.11 bits per heavy atom. The van der Waals surface area contributed by atoms with E-state index in [1.54, 1.807) is 0 Å². The van der Waals surface area contributed by atoms with Crippen molar-refractivity contribution in [2.75, 3.05) is 0 Å². The van der Waals surface area contributed by atoms with E-state index in [1.165, 1.54) is 25.1 Å². The van der Waals surface area contributed by atoms with E-state index in [2.05, 4.69) is 6.58 Å². The lowest BCUT2D eigenvalue weighted by atomic mass is 10.1. The highest BCUT2D eigenvalue weighted by atomic mass is 16.5. The highest BCUT2D eigenvalue weighted by Gasteiger charge is 2.15. The van der Waals surface area contributed by atoms with Crippen LogP contribution in [-0.4, -0.2) is 28.2 Å². The fourth-order valence-electron chi connectivity index (χ4n) is 1.30. The van der Waals surface area contributed by atoms with Gasteiger partial charge in [0.15, 0.2) is 11.5 Å². The van der Waals surface area contributed by atoms with Crippen LogP contribution in [0.3, 0.4) is 0 Å². The van der Waals surface area contributed by atoms with Crippen LogP contribution in [-0.2, 0) is 16.0 Å². The van der Waals surface area contributed by atoms with Gasteiger partial charge in [-0.25, -0.2) is 4.79 Å². The largest absolute Gasteiger partial charge is 0.504 e. The van der Waals surface area contributed by atoms with Gasteiger partial charge in [0.25, 0.3) is 0 Å². The second-order valence-corrected chi connectivity index (χ2v) is 4.12. The Labute approximate surface area is 110 Å². The molecule has 102 valence electrons. The van der Waals surface area contributed by atoms with Crippen molar-refractivity contribution >= 4 is 11.9 Å². The highest BCUT2D eigenvalue weighted by Crippen LogP contribution is 2.27. The summed E-state index contributed by atoms with van der Waals surface area (Å²) in [5.41, 5.74) is 6.13. The molecule has 1 aromatic carbocycles. The molecule has 0 spiro atoms. The van der Waals surface area contributed by atoms with Gasteiger partial charge in [-0.1, -0.05) is 12.6 Å². The minimum absolute atomic E-state index is 0.0527. The van der Waals surface area contributed by atoms with Crippen molar-refractivity contribution in [2.45, 2.75) is 19.4 Å². The van der Waals surface area contributed by atoms with Crippen LogP contribution in [0.4, 0.5) is 0 Å². The molecule has 0 radical (unpaired) electrons. The molecule has 0 bridgehead atoms. The second-order valence-electron chi connectivity index (χ2n) is 4.12. The predicted molar refractivity (Wildman–Crippen MR) is 67.9 cm³/mol. The third-order valence-corrected chi connectivity index (χ3v) is 2.35. The monoisotopic (exact) mass is 265 g/mol. The summed E-state index contributed by atoms with van der Waals surface area (Å²) in [7, 11) is 0. The molecule has 19 heavy (non-hydrogen) atoms. The quantitative estimate of drug-likeness (QED) is 0.413. The van der Waals surface area contributed by atoms with Gasteiger partial charge in [0.1, 0.15) is 6.04 Å². The summed E-state index contributed by atoms with van der Waals surface area (Å²) >= 11 is 0. The Kier molecular flexibility index (Phi) is 4.66. The number of carbonyl (C=O) groups is 2. The van der Waals surface area contributed by atoms with Crippen LogP contribution in [0, 0.1) is 0 Å². The number of ether oxygens (including phenoxy) is 1. The number of phenols is 1. The van der Waals surface area contributed by atoms with Gasteiger partial charge in [-0.15, -0.1) is 0 Å². The average Bonchev–Trinajstić information content (AvgIpc) is 2.32. The first-order valence-electron chi connectivity index (χ1n) is 5.49. The number of phenolic OH excluding ortho intramolecular Hbond substituents is 1. The maximum absolute atomic E-state index is 11.4. The molecular formula is C13H15NO5. The molecule has 0 heterocycles. The highest BCUT2D eigenvalue weighted by molar-refractivity contribution is 5.89. The summed E-state index contributed by atoms with van der Waals surface area (Å²) in [4.78, 5) is 22.0. The Morgan fingerprint density at radius 3 is 2.63 bits per heavy atom. The van der Waals surface area contributed by atoms with Crippen molar-refractivity contribution in [2.24, 2.45) is 5.73 Å². The number of rotatable bonds is 5. The second kappa shape index (κ2) is 6.01. The molecule has 0 saturated carbocycles. The molecule has 0 fully saturated rings. The first kappa shape index (κ1) is 14.7. The van der Waals surface area contributed by atoms with E-state index >= 15 is 0 Å². The molecule has 6 nitrogen and oxygen atoms in total. The van der Waals surface area contributed by atoms with Crippen LogP contribution in [0.15, 0.2) is 30.4 Å². The first-order chi connectivity index (χ1) is 8.81. The Bertz CT molecular complexity index is 524. The average molecular weight is 265 g/mol. The van der Waals surface area contributed by atoms with E-state index in [0.717, 1.165) is 0 Å². The third-order valence-electron chi connectivity index (χ3n) is 2.35. The number of aromatic hydroxyl groups is 1. The number of hydrogen-bond acceptors (Lipinski definition) is 5. The molecule has 0 aliphatic rings. The summed E-state index contributed by atoms with van der Waals surface area (Å²) in [6.07, 6.45) is 0.0627. The number of carbonyl (C=O) groups excluding carboxylic acids is 1. The standard InChI is InChI=1S/C13H15NO5/c1-7(2)13(18)19-11-6-8(3-4-10(11)15)5-9(14)12(16)17/h3-4,6,9,15H,1,5,14H2,2H3,(H,16,17)/t9-/m0/s1. The molecule has 0 aromatic heterocycles. The Balaban J connectivity index is 2.91. The van der Waals surface area contributed by atoms with Crippen LogP contribution >= 0.6 is 0 Å². The summed E-state index contributed by atoms with van der Waals surface area (Å²) in [6, 6.07) is 3.13. The number of carboxylic acid groups (broad SMARTS) is 1. The molecule has 0 amide bonds. The van der Waals surface area contributed by atoms with Gasteiger partial charge >= 0.3 is 11.9 Å². The van der Waals surface area contributed by atoms with Gasteiger partial charge < -0.3 is 20.7 Å². The predicted octanol–water partition coefficient (Wildman–Crippen LogP) is 0.828. The van der Waals surface area contributed by atoms with Crippen LogP contribution in [0.5, 0.6) is 11.5 Å². The van der Waals surface area contributed by atoms with Crippen molar-refractivity contribution in [3.63, 3.8) is 0 Å². The molecule has 4 N–H and O–H groups in total. The van der Waals surface area contributed by atoms with Gasteiger partial charge in [-0.2, -0.15) is 0 Å². The van der Waals surface area contributed by atoms with Gasteiger partial charge in [0, 0.05) is 5.57 Å². The molecular weight excluding hydrogens is 250 g/mol. The molecule has 1 aromatic rings. The van der Waals surface area contributed by atoms with Crippen molar-refractivity contribution in [1.29, 1.82) is 0 Å². The Morgan fingerprint density at radius 1 is 1.47 bits per heavy atom. The summed E-state index contributed by atoms with van der Waals surface area (Å²) in [5.74, 6) is -2.08. The number of benzene rings is 1. The van der Waals surface area contributed by atoms with Crippen LogP contribution in [0.25, 0.3) is 0 Å². The third kappa shape index (κ3) is 4.11. The molecule has 0 unspecified atom stereocenters. The van der Waals surface area contributed by atoms with Crippen LogP contribution in [0.1, 0.15) is 12.5 Å². The molecule has 0 aliphatic carbocycles. The first-order valence-corrected chi connectivity index (χ1v) is 5.49. The summed E-state index contributed by atoms with van der Waals surface area (Å²) in [6.45, 7) is 4.90. The zero-order valence-corrected chi connectivity index (χ0v) is 10.4. The number of carboxylic acids is 1. The van der Waals surface area contributed by atoms with Crippen LogP contribution in [0.2, 0.25) is 0 Å². The fraction of sp³-hybridized carbons (Fsp3) is 0.231. The van der Waals surface area contributed by atoms with Gasteiger partial charge in [-0.3, -0.25) is 4.79 Å². The summed E-state index contributed by atoms with van der Waals surface area (Å²) < 4.78 is 4.91. The molecule has 0 aliphatic heterocycles. The van der Waals surface area contributed by atoms with Crippen molar-refractivity contribution in [1.82, 2.24) is 0 Å². The topological polar surface area (TPSA) is 110 Å². The smallest absolute Gasteiger partial charge is 0.338 e. The van der Waals surface area contributed by atoms with Crippen molar-refractivity contribution in [3.05, 3.63) is 35.9 Å². The zero-order chi connectivity index (χ0) is 14.6. The van der Waals surface area contributed by atoms with E-state index in [9.17, 15) is 14.7 Å². The molecule has 6 heteroatoms. The fourth-order valence-corrected chi connectivity index (χ4v) is 1.30. The zero-order valence-electron chi connectivity index (χ0n) is 10.4. The van der Waals surface area contributed by atoms with E-state index in [0.29, 0.717) is 5.56 Å². The van der Waals surface area contributed by atoms with E-state index in [1.807, 2.05) is 0 Å². The minimum atomic E-state index is -1.13. The van der Waals surface area contributed by atoms with Crippen molar-refractivity contribution < 1.29 is 24.5 Å². The minimum Gasteiger partial charge on any atom is -0.504 e. The lowest BCUT2D eigenvalue weighted by Gasteiger charge is -2.10. The molecule has 1 rings (SSSR count). The lowest BCUT2D eigenvalue weighted by molar-refractivity contribution is -0.138. The summed E-state index contributed by atoms with van der Waals surface area (Å²) in [5, 5.41) is 18.3. The van der Waals surface area contributed by atoms with Gasteiger partial charge in [-0.05, 0) is 31.0 Å². The number of hydrogen-bond donors (Lipinski definition) is 3. The number of esters is 1. The van der Waals surface area contributed by atoms with E-state index in [-0.39, 0.29) is 23.5 Å². The van der Waals surface area contributed by atoms with E-state index in [4.69, 9.17) is 15.6 Å². The van der Waals surface area contributed by atoms with Gasteiger partial charge in [0.05, 0.1) is 0 Å². The lowest BCUT2D eigenvalue weighted by Crippen LogP contribution is -2.32. The van der Waals surface area contributed by atoms with E-state index < -0.39 is 18.0 Å². The SMILES string of the molecule is C=C(C)C(=O)Oc1cc(C[C@H](N)C(=O)O)ccc1O.